The molecule has 0 saturated heterocycles. The molecular weight excluding hydrogens is 153 g/mol. The van der Waals surface area contributed by atoms with E-state index in [1.54, 1.807) is 0 Å². The standard InChI is InChI=1S/C8H12BNO2/c1-2-6-5-7(10)3-4-8(6)9(11)12/h3-5,11-12H,2,10H2,1H3/i1D3,2D2. The smallest absolute Gasteiger partial charge is 0.423 e. The molecule has 0 aliphatic carbocycles. The average Bonchev–Trinajstić information content (AvgIpc) is 2.15. The lowest BCUT2D eigenvalue weighted by Crippen LogP contribution is -2.32. The first kappa shape index (κ1) is 4.30. The molecule has 0 amide bonds. The Hall–Kier alpha value is -0.995. The van der Waals surface area contributed by atoms with Crippen molar-refractivity contribution in [1.29, 1.82) is 0 Å². The van der Waals surface area contributed by atoms with Gasteiger partial charge in [0.2, 0.25) is 0 Å². The number of hydrogen-bond acceptors (Lipinski definition) is 3. The number of anilines is 1. The Morgan fingerprint density at radius 1 is 1.67 bits per heavy atom. The van der Waals surface area contributed by atoms with Crippen LogP contribution in [0.4, 0.5) is 5.69 Å². The molecule has 3 nitrogen and oxygen atoms in total. The molecule has 1 aromatic carbocycles. The molecule has 0 aromatic heterocycles. The molecule has 1 rings (SSSR count). The van der Waals surface area contributed by atoms with Crippen molar-refractivity contribution in [2.75, 3.05) is 5.73 Å². The summed E-state index contributed by atoms with van der Waals surface area (Å²) in [5.41, 5.74) is 5.06. The van der Waals surface area contributed by atoms with Gasteiger partial charge in [0.25, 0.3) is 0 Å². The first-order valence-corrected chi connectivity index (χ1v) is 3.33. The molecule has 0 aliphatic heterocycles. The van der Waals surface area contributed by atoms with E-state index in [1.165, 1.54) is 12.1 Å². The SMILES string of the molecule is [2H]C([2H])([2H])C([2H])([2H])c1cc(N)ccc1B(O)O. The van der Waals surface area contributed by atoms with Gasteiger partial charge in [0.05, 0.1) is 0 Å². The Balaban J connectivity index is 3.43. The van der Waals surface area contributed by atoms with Crippen LogP contribution in [0.1, 0.15) is 19.3 Å². The van der Waals surface area contributed by atoms with Crippen LogP contribution >= 0.6 is 0 Å². The zero-order valence-corrected chi connectivity index (χ0v) is 6.28. The van der Waals surface area contributed by atoms with Crippen molar-refractivity contribution in [2.24, 2.45) is 0 Å². The molecule has 0 radical (unpaired) electrons. The second-order valence-electron chi connectivity index (χ2n) is 2.35. The van der Waals surface area contributed by atoms with E-state index in [1.807, 2.05) is 0 Å². The average molecular weight is 170 g/mol. The second-order valence-corrected chi connectivity index (χ2v) is 2.35. The van der Waals surface area contributed by atoms with Crippen molar-refractivity contribution in [3.63, 3.8) is 0 Å². The Morgan fingerprint density at radius 2 is 2.42 bits per heavy atom. The van der Waals surface area contributed by atoms with Gasteiger partial charge < -0.3 is 15.8 Å². The van der Waals surface area contributed by atoms with Gasteiger partial charge in [0.15, 0.2) is 0 Å². The Bertz CT molecular complexity index is 421. The summed E-state index contributed by atoms with van der Waals surface area (Å²) in [7, 11) is -1.96. The topological polar surface area (TPSA) is 66.5 Å². The fourth-order valence-corrected chi connectivity index (χ4v) is 0.907. The Kier molecular flexibility index (Phi) is 1.29. The number of benzene rings is 1. The molecule has 0 fully saturated rings. The lowest BCUT2D eigenvalue weighted by Gasteiger charge is -2.06. The van der Waals surface area contributed by atoms with E-state index in [-0.39, 0.29) is 16.7 Å². The Labute approximate surface area is 79.0 Å². The number of rotatable bonds is 2. The fraction of sp³-hybridized carbons (Fsp3) is 0.250. The largest absolute Gasteiger partial charge is 0.488 e. The minimum atomic E-state index is -2.93. The highest BCUT2D eigenvalue weighted by atomic mass is 16.4. The molecule has 0 spiro atoms. The van der Waals surface area contributed by atoms with Gasteiger partial charge in [0.1, 0.15) is 0 Å². The molecule has 4 N–H and O–H groups in total. The van der Waals surface area contributed by atoms with E-state index in [0.29, 0.717) is 0 Å². The van der Waals surface area contributed by atoms with Crippen molar-refractivity contribution in [3.05, 3.63) is 23.8 Å². The van der Waals surface area contributed by atoms with Crippen molar-refractivity contribution < 1.29 is 16.9 Å². The van der Waals surface area contributed by atoms with E-state index in [9.17, 15) is 0 Å². The highest BCUT2D eigenvalue weighted by Crippen LogP contribution is 2.05. The van der Waals surface area contributed by atoms with Gasteiger partial charge in [-0.2, -0.15) is 0 Å². The van der Waals surface area contributed by atoms with Crippen molar-refractivity contribution in [3.8, 4) is 0 Å². The highest BCUT2D eigenvalue weighted by molar-refractivity contribution is 6.59. The van der Waals surface area contributed by atoms with Gasteiger partial charge in [-0.1, -0.05) is 12.9 Å². The van der Waals surface area contributed by atoms with E-state index in [4.69, 9.17) is 22.6 Å². The number of nitrogen functional groups attached to an aromatic ring is 1. The molecule has 0 bridgehead atoms. The predicted molar refractivity (Wildman–Crippen MR) is 50.1 cm³/mol. The molecule has 0 saturated carbocycles. The highest BCUT2D eigenvalue weighted by Gasteiger charge is 2.14. The van der Waals surface area contributed by atoms with Crippen LogP contribution in [-0.2, 0) is 6.37 Å². The summed E-state index contributed by atoms with van der Waals surface area (Å²) in [6.07, 6.45) is -2.71. The van der Waals surface area contributed by atoms with Crippen molar-refractivity contribution >= 4 is 18.3 Å². The molecule has 0 atom stereocenters. The molecule has 12 heavy (non-hydrogen) atoms. The molecule has 1 aromatic rings. The van der Waals surface area contributed by atoms with Crippen LogP contribution in [-0.4, -0.2) is 17.2 Å². The maximum absolute atomic E-state index is 9.09. The molecular formula is C8H12BNO2. The minimum Gasteiger partial charge on any atom is -0.423 e. The normalized spacial score (nSPS) is 18.3. The quantitative estimate of drug-likeness (QED) is 0.414. The number of hydrogen-bond donors (Lipinski definition) is 3. The predicted octanol–water partition coefficient (Wildman–Crippen LogP) is -0.489. The minimum absolute atomic E-state index is 0.150. The summed E-state index contributed by atoms with van der Waals surface area (Å²) in [5.74, 6) is 0. The van der Waals surface area contributed by atoms with E-state index < -0.39 is 20.3 Å². The van der Waals surface area contributed by atoms with Gasteiger partial charge >= 0.3 is 7.12 Å². The van der Waals surface area contributed by atoms with Crippen LogP contribution < -0.4 is 11.2 Å². The van der Waals surface area contributed by atoms with Crippen molar-refractivity contribution in [2.45, 2.75) is 13.2 Å². The first-order chi connectivity index (χ1) is 7.57. The molecule has 0 heterocycles. The van der Waals surface area contributed by atoms with Gasteiger partial charge in [-0.05, 0) is 29.5 Å². The van der Waals surface area contributed by atoms with E-state index in [0.717, 1.165) is 6.07 Å². The summed E-state index contributed by atoms with van der Waals surface area (Å²) >= 11 is 0. The third-order valence-corrected chi connectivity index (χ3v) is 1.49. The monoisotopic (exact) mass is 170 g/mol. The van der Waals surface area contributed by atoms with E-state index in [2.05, 4.69) is 0 Å². The zero-order valence-electron chi connectivity index (χ0n) is 11.3. The second kappa shape index (κ2) is 3.60. The van der Waals surface area contributed by atoms with Gasteiger partial charge in [0, 0.05) is 12.5 Å². The third kappa shape index (κ3) is 1.78. The summed E-state index contributed by atoms with van der Waals surface area (Å²) in [6, 6.07) is 3.63. The number of nitrogens with two attached hydrogens (primary N) is 1. The Morgan fingerprint density at radius 3 is 3.00 bits per heavy atom. The van der Waals surface area contributed by atoms with E-state index >= 15 is 0 Å². The van der Waals surface area contributed by atoms with Crippen LogP contribution in [0.5, 0.6) is 0 Å². The summed E-state index contributed by atoms with van der Waals surface area (Å²) < 4.78 is 36.6. The van der Waals surface area contributed by atoms with Gasteiger partial charge in [-0.25, -0.2) is 0 Å². The molecule has 4 heteroatoms. The summed E-state index contributed by atoms with van der Waals surface area (Å²) in [6.45, 7) is -2.93. The lowest BCUT2D eigenvalue weighted by atomic mass is 9.76. The third-order valence-electron chi connectivity index (χ3n) is 1.49. The van der Waals surface area contributed by atoms with Crippen LogP contribution in [0.25, 0.3) is 0 Å². The first-order valence-electron chi connectivity index (χ1n) is 5.83. The molecule has 0 aliphatic rings. The van der Waals surface area contributed by atoms with Crippen LogP contribution in [0.3, 0.4) is 0 Å². The van der Waals surface area contributed by atoms with Crippen LogP contribution in [0.15, 0.2) is 18.2 Å². The maximum Gasteiger partial charge on any atom is 0.488 e. The zero-order chi connectivity index (χ0) is 13.4. The summed E-state index contributed by atoms with van der Waals surface area (Å²) in [4.78, 5) is 0. The lowest BCUT2D eigenvalue weighted by molar-refractivity contribution is 0.425. The molecule has 0 unspecified atom stereocenters. The van der Waals surface area contributed by atoms with Crippen LogP contribution in [0, 0.1) is 0 Å². The van der Waals surface area contributed by atoms with Crippen LogP contribution in [0.2, 0.25) is 0 Å². The van der Waals surface area contributed by atoms with Crippen molar-refractivity contribution in [1.82, 2.24) is 0 Å². The number of aryl methyl sites for hydroxylation is 1. The fourth-order valence-electron chi connectivity index (χ4n) is 0.907. The molecule has 64 valence electrons. The van der Waals surface area contributed by atoms with Gasteiger partial charge in [-0.3, -0.25) is 0 Å². The van der Waals surface area contributed by atoms with Gasteiger partial charge in [-0.15, -0.1) is 0 Å². The summed E-state index contributed by atoms with van der Waals surface area (Å²) in [5, 5.41) is 18.2. The maximum atomic E-state index is 9.09.